The van der Waals surface area contributed by atoms with E-state index in [4.69, 9.17) is 39.5 Å². The molecule has 0 bridgehead atoms. The lowest BCUT2D eigenvalue weighted by Gasteiger charge is -2.12. The van der Waals surface area contributed by atoms with Crippen molar-refractivity contribution in [2.45, 2.75) is 20.3 Å². The molecular formula is C15H15Cl3N2O. The Morgan fingerprint density at radius 3 is 2.57 bits per heavy atom. The highest BCUT2D eigenvalue weighted by molar-refractivity contribution is 6.36. The van der Waals surface area contributed by atoms with Gasteiger partial charge in [-0.05, 0) is 37.1 Å². The maximum Gasteiger partial charge on any atom is 0.240 e. The maximum atomic E-state index is 6.13. The molecule has 0 saturated heterocycles. The average Bonchev–Trinajstić information content (AvgIpc) is 2.44. The van der Waals surface area contributed by atoms with Crippen LogP contribution in [0.2, 0.25) is 15.1 Å². The summed E-state index contributed by atoms with van der Waals surface area (Å²) in [6.45, 7) is 4.77. The number of ether oxygens (including phenoxy) is 1. The van der Waals surface area contributed by atoms with Crippen LogP contribution in [0.1, 0.15) is 18.9 Å². The van der Waals surface area contributed by atoms with E-state index in [-0.39, 0.29) is 5.88 Å². The molecule has 0 saturated carbocycles. The molecule has 2 aromatic rings. The monoisotopic (exact) mass is 344 g/mol. The van der Waals surface area contributed by atoms with Crippen LogP contribution in [0.3, 0.4) is 0 Å². The molecule has 1 heterocycles. The molecule has 0 aliphatic rings. The molecule has 0 radical (unpaired) electrons. The number of aryl methyl sites for hydroxylation is 1. The first-order valence-electron chi connectivity index (χ1n) is 6.55. The largest absolute Gasteiger partial charge is 0.436 e. The second kappa shape index (κ2) is 7.21. The molecule has 1 aromatic heterocycles. The molecule has 6 heteroatoms. The first-order chi connectivity index (χ1) is 10.0. The van der Waals surface area contributed by atoms with Crippen LogP contribution < -0.4 is 10.1 Å². The van der Waals surface area contributed by atoms with Crippen LogP contribution in [0.5, 0.6) is 11.6 Å². The number of nitrogens with zero attached hydrogens (tertiary/aromatic N) is 1. The van der Waals surface area contributed by atoms with Crippen molar-refractivity contribution in [1.82, 2.24) is 4.98 Å². The van der Waals surface area contributed by atoms with E-state index < -0.39 is 0 Å². The lowest BCUT2D eigenvalue weighted by Crippen LogP contribution is -2.03. The molecule has 2 rings (SSSR count). The summed E-state index contributed by atoms with van der Waals surface area (Å²) in [4.78, 5) is 4.32. The Morgan fingerprint density at radius 1 is 1.10 bits per heavy atom. The number of hydrogen-bond donors (Lipinski definition) is 1. The molecule has 1 aromatic carbocycles. The van der Waals surface area contributed by atoms with Crippen molar-refractivity contribution in [1.29, 1.82) is 0 Å². The van der Waals surface area contributed by atoms with E-state index in [9.17, 15) is 0 Å². The first-order valence-corrected chi connectivity index (χ1v) is 7.68. The van der Waals surface area contributed by atoms with Gasteiger partial charge in [0.05, 0.1) is 10.0 Å². The lowest BCUT2D eigenvalue weighted by atomic mass is 10.2. The summed E-state index contributed by atoms with van der Waals surface area (Å²) in [5.41, 5.74) is 1.03. The molecule has 0 aliphatic carbocycles. The molecule has 0 amide bonds. The van der Waals surface area contributed by atoms with Gasteiger partial charge in [0, 0.05) is 6.54 Å². The van der Waals surface area contributed by atoms with Crippen LogP contribution in [0.15, 0.2) is 24.3 Å². The van der Waals surface area contributed by atoms with E-state index in [2.05, 4.69) is 17.2 Å². The minimum atomic E-state index is 0.271. The Hall–Kier alpha value is -1.16. The van der Waals surface area contributed by atoms with Crippen molar-refractivity contribution in [3.8, 4) is 11.6 Å². The summed E-state index contributed by atoms with van der Waals surface area (Å²) in [5, 5.41) is 4.41. The highest BCUT2D eigenvalue weighted by Crippen LogP contribution is 2.36. The van der Waals surface area contributed by atoms with Gasteiger partial charge in [-0.25, -0.2) is 0 Å². The van der Waals surface area contributed by atoms with Gasteiger partial charge in [0.2, 0.25) is 5.88 Å². The third-order valence-corrected chi connectivity index (χ3v) is 3.60. The van der Waals surface area contributed by atoms with Gasteiger partial charge in [0.25, 0.3) is 0 Å². The van der Waals surface area contributed by atoms with Crippen molar-refractivity contribution in [2.75, 3.05) is 11.9 Å². The number of pyridine rings is 1. The first kappa shape index (κ1) is 16.2. The van der Waals surface area contributed by atoms with Crippen LogP contribution in [0.25, 0.3) is 0 Å². The molecule has 0 unspecified atom stereocenters. The highest BCUT2D eigenvalue weighted by Gasteiger charge is 2.13. The number of aromatic nitrogens is 1. The molecule has 0 spiro atoms. The lowest BCUT2D eigenvalue weighted by molar-refractivity contribution is 0.464. The number of halogens is 3. The van der Waals surface area contributed by atoms with Gasteiger partial charge in [-0.15, -0.1) is 0 Å². The fraction of sp³-hybridized carbons (Fsp3) is 0.267. The van der Waals surface area contributed by atoms with E-state index in [1.165, 1.54) is 0 Å². The maximum absolute atomic E-state index is 6.13. The molecule has 21 heavy (non-hydrogen) atoms. The van der Waals surface area contributed by atoms with Gasteiger partial charge in [0.1, 0.15) is 16.6 Å². The SMILES string of the molecule is CCCNc1nc(Oc2cc(C)ccc2Cl)c(Cl)cc1Cl. The fourth-order valence-corrected chi connectivity index (χ4v) is 2.30. The topological polar surface area (TPSA) is 34.2 Å². The van der Waals surface area contributed by atoms with Gasteiger partial charge in [-0.2, -0.15) is 4.98 Å². The normalized spacial score (nSPS) is 10.5. The van der Waals surface area contributed by atoms with Crippen molar-refractivity contribution in [2.24, 2.45) is 0 Å². The third-order valence-electron chi connectivity index (χ3n) is 2.73. The predicted octanol–water partition coefficient (Wildman–Crippen LogP) is 5.96. The summed E-state index contributed by atoms with van der Waals surface area (Å²) in [6, 6.07) is 7.11. The Balaban J connectivity index is 2.32. The Kier molecular flexibility index (Phi) is 5.57. The van der Waals surface area contributed by atoms with Gasteiger partial charge >= 0.3 is 0 Å². The number of anilines is 1. The predicted molar refractivity (Wildman–Crippen MR) is 89.3 cm³/mol. The Bertz CT molecular complexity index is 647. The van der Waals surface area contributed by atoms with Crippen LogP contribution in [0, 0.1) is 6.92 Å². The zero-order valence-electron chi connectivity index (χ0n) is 11.7. The average molecular weight is 346 g/mol. The number of hydrogen-bond acceptors (Lipinski definition) is 3. The van der Waals surface area contributed by atoms with E-state index in [1.54, 1.807) is 12.1 Å². The second-order valence-electron chi connectivity index (χ2n) is 4.57. The van der Waals surface area contributed by atoms with Gasteiger partial charge in [0.15, 0.2) is 0 Å². The zero-order valence-corrected chi connectivity index (χ0v) is 14.0. The molecule has 3 nitrogen and oxygen atoms in total. The van der Waals surface area contributed by atoms with E-state index in [0.717, 1.165) is 18.5 Å². The quantitative estimate of drug-likeness (QED) is 0.725. The molecule has 0 aliphatic heterocycles. The summed E-state index contributed by atoms with van der Waals surface area (Å²) in [5.74, 6) is 1.32. The van der Waals surface area contributed by atoms with E-state index >= 15 is 0 Å². The Labute approximate surface area is 139 Å². The second-order valence-corrected chi connectivity index (χ2v) is 5.79. The Morgan fingerprint density at radius 2 is 1.86 bits per heavy atom. The van der Waals surface area contributed by atoms with Crippen LogP contribution in [0.4, 0.5) is 5.82 Å². The number of rotatable bonds is 5. The third kappa shape index (κ3) is 4.16. The van der Waals surface area contributed by atoms with E-state index in [1.807, 2.05) is 19.1 Å². The highest BCUT2D eigenvalue weighted by atomic mass is 35.5. The van der Waals surface area contributed by atoms with Gasteiger partial charge in [-0.3, -0.25) is 0 Å². The van der Waals surface area contributed by atoms with Crippen LogP contribution in [-0.4, -0.2) is 11.5 Å². The van der Waals surface area contributed by atoms with Crippen molar-refractivity contribution in [3.63, 3.8) is 0 Å². The standard InChI is InChI=1S/C15H15Cl3N2O/c1-3-6-19-14-11(17)8-12(18)15(20-14)21-13-7-9(2)4-5-10(13)16/h4-5,7-8H,3,6H2,1-2H3,(H,19,20). The molecule has 0 fully saturated rings. The van der Waals surface area contributed by atoms with Gasteiger partial charge < -0.3 is 10.1 Å². The van der Waals surface area contributed by atoms with Crippen molar-refractivity contribution < 1.29 is 4.74 Å². The summed E-state index contributed by atoms with van der Waals surface area (Å²) in [7, 11) is 0. The van der Waals surface area contributed by atoms with Crippen molar-refractivity contribution >= 4 is 40.6 Å². The minimum absolute atomic E-state index is 0.271. The zero-order chi connectivity index (χ0) is 15.4. The molecule has 0 atom stereocenters. The van der Waals surface area contributed by atoms with Crippen LogP contribution in [-0.2, 0) is 0 Å². The van der Waals surface area contributed by atoms with Crippen LogP contribution >= 0.6 is 34.8 Å². The molecular weight excluding hydrogens is 331 g/mol. The minimum Gasteiger partial charge on any atom is -0.436 e. The smallest absolute Gasteiger partial charge is 0.240 e. The fourth-order valence-electron chi connectivity index (χ4n) is 1.68. The van der Waals surface area contributed by atoms with Crippen molar-refractivity contribution in [3.05, 3.63) is 44.9 Å². The summed E-state index contributed by atoms with van der Waals surface area (Å²) in [6.07, 6.45) is 0.959. The molecule has 112 valence electrons. The molecule has 1 N–H and O–H groups in total. The number of nitrogens with one attached hydrogen (secondary N) is 1. The van der Waals surface area contributed by atoms with E-state index in [0.29, 0.717) is 26.6 Å². The van der Waals surface area contributed by atoms with Gasteiger partial charge in [-0.1, -0.05) is 47.8 Å². The number of benzene rings is 1. The summed E-state index contributed by atoms with van der Waals surface area (Å²) < 4.78 is 5.72. The summed E-state index contributed by atoms with van der Waals surface area (Å²) >= 11 is 18.4.